The highest BCUT2D eigenvalue weighted by Crippen LogP contribution is 2.48. The molecule has 0 amide bonds. The average molecular weight is 474 g/mol. The van der Waals surface area contributed by atoms with Crippen molar-refractivity contribution in [1.29, 1.82) is 0 Å². The summed E-state index contributed by atoms with van der Waals surface area (Å²) in [6, 6.07) is 4.45. The zero-order valence-corrected chi connectivity index (χ0v) is 20.4. The maximum Gasteiger partial charge on any atom is 0.416 e. The van der Waals surface area contributed by atoms with Gasteiger partial charge >= 0.3 is 6.18 Å². The number of carbonyl (C=O) groups excluding carboxylic acids is 1. The van der Waals surface area contributed by atoms with Crippen molar-refractivity contribution in [3.63, 3.8) is 0 Å². The van der Waals surface area contributed by atoms with E-state index in [1.54, 1.807) is 0 Å². The van der Waals surface area contributed by atoms with E-state index in [1.807, 2.05) is 13.8 Å². The minimum absolute atomic E-state index is 0.0387. The van der Waals surface area contributed by atoms with Crippen LogP contribution in [0.15, 0.2) is 24.3 Å². The van der Waals surface area contributed by atoms with Crippen LogP contribution in [0.1, 0.15) is 128 Å². The summed E-state index contributed by atoms with van der Waals surface area (Å²) in [5.74, 6) is -0.194. The summed E-state index contributed by atoms with van der Waals surface area (Å²) in [6.45, 7) is 8.23. The topological polar surface area (TPSA) is 50.2 Å². The number of alkyl halides is 3. The van der Waals surface area contributed by atoms with E-state index in [2.05, 4.69) is 13.8 Å². The minimum atomic E-state index is -4.46. The number of carbonyl (C=O) groups is 1. The molecule has 1 fully saturated rings. The second-order valence-electron chi connectivity index (χ2n) is 11.1. The van der Waals surface area contributed by atoms with E-state index in [1.165, 1.54) is 12.1 Å². The van der Waals surface area contributed by atoms with Gasteiger partial charge in [-0.2, -0.15) is 13.2 Å². The van der Waals surface area contributed by atoms with Gasteiger partial charge in [0.05, 0.1) is 17.4 Å². The average Bonchev–Trinajstić information content (AvgIpc) is 2.76. The number of nitrogens with zero attached hydrogens (tertiary/aromatic N) is 1. The molecule has 3 nitrogen and oxygen atoms in total. The number of aromatic nitrogens is 1. The Morgan fingerprint density at radius 2 is 1.68 bits per heavy atom. The van der Waals surface area contributed by atoms with Gasteiger partial charge in [0.25, 0.3) is 0 Å². The van der Waals surface area contributed by atoms with Crippen molar-refractivity contribution >= 4 is 5.78 Å². The molecule has 0 saturated heterocycles. The highest BCUT2D eigenvalue weighted by atomic mass is 19.4. The van der Waals surface area contributed by atoms with Crippen molar-refractivity contribution in [3.05, 3.63) is 63.5 Å². The van der Waals surface area contributed by atoms with E-state index in [4.69, 9.17) is 4.98 Å². The standard InChI is InChI=1S/C28H34F3NO2/c1-16(2)25-24(26(34)18-10-12-19(13-11-18)28(29,30)31)22(17-8-6-5-7-9-17)23-20(32-25)14-27(3,4)15-21(23)33/h10-13,16-17,21,33H,5-9,14-15H2,1-4H3/t21-/m0/s1. The van der Waals surface area contributed by atoms with Gasteiger partial charge in [0.2, 0.25) is 0 Å². The molecule has 2 aromatic rings. The Hall–Kier alpha value is -2.21. The van der Waals surface area contributed by atoms with Crippen LogP contribution in [-0.4, -0.2) is 15.9 Å². The largest absolute Gasteiger partial charge is 0.416 e. The summed E-state index contributed by atoms with van der Waals surface area (Å²) in [6.07, 6.45) is 1.32. The summed E-state index contributed by atoms with van der Waals surface area (Å²) in [5.41, 5.74) is 3.11. The second kappa shape index (κ2) is 9.10. The zero-order valence-electron chi connectivity index (χ0n) is 20.4. The highest BCUT2D eigenvalue weighted by Gasteiger charge is 2.39. The number of benzene rings is 1. The lowest BCUT2D eigenvalue weighted by Gasteiger charge is -2.38. The number of aliphatic hydroxyl groups excluding tert-OH is 1. The molecule has 2 aliphatic rings. The fourth-order valence-electron chi connectivity index (χ4n) is 5.77. The molecule has 1 aromatic carbocycles. The van der Waals surface area contributed by atoms with Crippen LogP contribution in [0.5, 0.6) is 0 Å². The lowest BCUT2D eigenvalue weighted by molar-refractivity contribution is -0.137. The van der Waals surface area contributed by atoms with Crippen molar-refractivity contribution in [2.24, 2.45) is 5.41 Å². The molecular formula is C28H34F3NO2. The fraction of sp³-hybridized carbons (Fsp3) is 0.571. The summed E-state index contributed by atoms with van der Waals surface area (Å²) in [5, 5.41) is 11.3. The van der Waals surface area contributed by atoms with Crippen LogP contribution < -0.4 is 0 Å². The third-order valence-electron chi connectivity index (χ3n) is 7.37. The van der Waals surface area contributed by atoms with Gasteiger partial charge in [-0.05, 0) is 60.6 Å². The molecule has 1 atom stereocenters. The molecule has 1 saturated carbocycles. The maximum absolute atomic E-state index is 13.9. The smallest absolute Gasteiger partial charge is 0.388 e. The van der Waals surface area contributed by atoms with Gasteiger partial charge in [0.15, 0.2) is 5.78 Å². The normalized spacial score (nSPS) is 20.9. The Morgan fingerprint density at radius 1 is 1.06 bits per heavy atom. The first kappa shape index (κ1) is 24.9. The number of pyridine rings is 1. The fourth-order valence-corrected chi connectivity index (χ4v) is 5.77. The molecule has 0 radical (unpaired) electrons. The molecule has 0 unspecified atom stereocenters. The lowest BCUT2D eigenvalue weighted by Crippen LogP contribution is -2.31. The van der Waals surface area contributed by atoms with Gasteiger partial charge < -0.3 is 5.11 Å². The van der Waals surface area contributed by atoms with Gasteiger partial charge in [0.1, 0.15) is 0 Å². The SMILES string of the molecule is CC(C)c1nc2c(c(C3CCCCC3)c1C(=O)c1ccc(C(F)(F)F)cc1)[C@@H](O)CC(C)(C)C2. The van der Waals surface area contributed by atoms with Gasteiger partial charge in [-0.25, -0.2) is 0 Å². The van der Waals surface area contributed by atoms with Crippen LogP contribution >= 0.6 is 0 Å². The summed E-state index contributed by atoms with van der Waals surface area (Å²) < 4.78 is 39.3. The third-order valence-corrected chi connectivity index (χ3v) is 7.37. The van der Waals surface area contributed by atoms with Crippen molar-refractivity contribution in [2.75, 3.05) is 0 Å². The van der Waals surface area contributed by atoms with Crippen molar-refractivity contribution in [3.8, 4) is 0 Å². The third kappa shape index (κ3) is 4.79. The molecule has 6 heteroatoms. The first-order chi connectivity index (χ1) is 15.9. The predicted molar refractivity (Wildman–Crippen MR) is 126 cm³/mol. The van der Waals surface area contributed by atoms with E-state index < -0.39 is 17.8 Å². The number of aliphatic hydroxyl groups is 1. The molecule has 184 valence electrons. The molecular weight excluding hydrogens is 439 g/mol. The zero-order chi connectivity index (χ0) is 24.8. The molecule has 2 aliphatic carbocycles. The first-order valence-electron chi connectivity index (χ1n) is 12.4. The number of hydrogen-bond acceptors (Lipinski definition) is 3. The quantitative estimate of drug-likeness (QED) is 0.468. The molecule has 1 heterocycles. The van der Waals surface area contributed by atoms with Crippen LogP contribution in [0.25, 0.3) is 0 Å². The summed E-state index contributed by atoms with van der Waals surface area (Å²) in [4.78, 5) is 18.9. The van der Waals surface area contributed by atoms with Crippen LogP contribution in [0.2, 0.25) is 0 Å². The number of rotatable bonds is 4. The van der Waals surface area contributed by atoms with Crippen LogP contribution in [0.4, 0.5) is 13.2 Å². The van der Waals surface area contributed by atoms with Crippen LogP contribution in [0.3, 0.4) is 0 Å². The van der Waals surface area contributed by atoms with Gasteiger partial charge in [-0.3, -0.25) is 9.78 Å². The van der Waals surface area contributed by atoms with E-state index in [9.17, 15) is 23.1 Å². The molecule has 1 aromatic heterocycles. The lowest BCUT2D eigenvalue weighted by atomic mass is 9.69. The van der Waals surface area contributed by atoms with Crippen LogP contribution in [0, 0.1) is 5.41 Å². The molecule has 0 aliphatic heterocycles. The Balaban J connectivity index is 1.93. The monoisotopic (exact) mass is 473 g/mol. The number of hydrogen-bond donors (Lipinski definition) is 1. The van der Waals surface area contributed by atoms with Gasteiger partial charge in [-0.15, -0.1) is 0 Å². The molecule has 0 bridgehead atoms. The number of ketones is 1. The van der Waals surface area contributed by atoms with E-state index >= 15 is 0 Å². The first-order valence-corrected chi connectivity index (χ1v) is 12.4. The van der Waals surface area contributed by atoms with Gasteiger partial charge in [-0.1, -0.05) is 59.1 Å². The van der Waals surface area contributed by atoms with Crippen molar-refractivity contribution in [1.82, 2.24) is 4.98 Å². The number of halogens is 3. The number of fused-ring (bicyclic) bond motifs is 1. The second-order valence-corrected chi connectivity index (χ2v) is 11.1. The molecule has 1 N–H and O–H groups in total. The van der Waals surface area contributed by atoms with E-state index in [0.717, 1.165) is 67.5 Å². The Kier molecular flexibility index (Phi) is 6.67. The molecule has 34 heavy (non-hydrogen) atoms. The predicted octanol–water partition coefficient (Wildman–Crippen LogP) is 7.51. The van der Waals surface area contributed by atoms with E-state index in [0.29, 0.717) is 17.7 Å². The highest BCUT2D eigenvalue weighted by molar-refractivity contribution is 6.11. The van der Waals surface area contributed by atoms with Crippen molar-refractivity contribution < 1.29 is 23.1 Å². The van der Waals surface area contributed by atoms with E-state index in [-0.39, 0.29) is 28.6 Å². The molecule has 0 spiro atoms. The minimum Gasteiger partial charge on any atom is -0.388 e. The van der Waals surface area contributed by atoms with Crippen LogP contribution in [-0.2, 0) is 12.6 Å². The Bertz CT molecular complexity index is 1060. The summed E-state index contributed by atoms with van der Waals surface area (Å²) in [7, 11) is 0. The Morgan fingerprint density at radius 3 is 2.24 bits per heavy atom. The summed E-state index contributed by atoms with van der Waals surface area (Å²) >= 11 is 0. The molecule has 4 rings (SSSR count). The Labute approximate surface area is 199 Å². The van der Waals surface area contributed by atoms with Gasteiger partial charge in [0, 0.05) is 22.4 Å². The van der Waals surface area contributed by atoms with Crippen molar-refractivity contribution in [2.45, 2.75) is 96.8 Å². The maximum atomic E-state index is 13.9.